The molecule has 1 aromatic carbocycles. The molecule has 0 spiro atoms. The van der Waals surface area contributed by atoms with Crippen molar-refractivity contribution < 1.29 is 17.9 Å². The van der Waals surface area contributed by atoms with Crippen molar-refractivity contribution in [1.82, 2.24) is 9.03 Å². The molecule has 110 valence electrons. The SMILES string of the molecule is COC(=O)NS(=O)(=O)N(Cc1ccccc1N)C1CC1. The molecule has 1 aliphatic rings. The van der Waals surface area contributed by atoms with Gasteiger partial charge in [-0.1, -0.05) is 18.2 Å². The van der Waals surface area contributed by atoms with Gasteiger partial charge in [0.05, 0.1) is 7.11 Å². The van der Waals surface area contributed by atoms with Crippen LogP contribution in [0.1, 0.15) is 18.4 Å². The van der Waals surface area contributed by atoms with Crippen LogP contribution in [-0.4, -0.2) is 32.0 Å². The van der Waals surface area contributed by atoms with E-state index in [1.807, 2.05) is 4.72 Å². The normalized spacial score (nSPS) is 15.1. The van der Waals surface area contributed by atoms with Gasteiger partial charge in [0.1, 0.15) is 0 Å². The Kier molecular flexibility index (Phi) is 4.15. The summed E-state index contributed by atoms with van der Waals surface area (Å²) in [5.74, 6) is 0. The fourth-order valence-electron chi connectivity index (χ4n) is 1.82. The summed E-state index contributed by atoms with van der Waals surface area (Å²) in [7, 11) is -2.82. The summed E-state index contributed by atoms with van der Waals surface area (Å²) < 4.78 is 31.8. The highest BCUT2D eigenvalue weighted by molar-refractivity contribution is 7.87. The van der Waals surface area contributed by atoms with Gasteiger partial charge >= 0.3 is 16.3 Å². The first-order chi connectivity index (χ1) is 9.44. The van der Waals surface area contributed by atoms with E-state index in [1.165, 1.54) is 4.31 Å². The van der Waals surface area contributed by atoms with E-state index in [0.717, 1.165) is 20.0 Å². The van der Waals surface area contributed by atoms with Crippen molar-refractivity contribution in [3.05, 3.63) is 29.8 Å². The van der Waals surface area contributed by atoms with Gasteiger partial charge in [0.2, 0.25) is 0 Å². The zero-order valence-electron chi connectivity index (χ0n) is 11.1. The molecule has 0 unspecified atom stereocenters. The third-order valence-electron chi connectivity index (χ3n) is 3.04. The lowest BCUT2D eigenvalue weighted by Crippen LogP contribution is -2.44. The van der Waals surface area contributed by atoms with E-state index in [1.54, 1.807) is 24.3 Å². The Morgan fingerprint density at radius 2 is 2.10 bits per heavy atom. The van der Waals surface area contributed by atoms with Gasteiger partial charge in [0.15, 0.2) is 0 Å². The molecule has 7 nitrogen and oxygen atoms in total. The zero-order chi connectivity index (χ0) is 14.8. The molecule has 3 N–H and O–H groups in total. The number of anilines is 1. The van der Waals surface area contributed by atoms with Crippen LogP contribution in [0.5, 0.6) is 0 Å². The van der Waals surface area contributed by atoms with Gasteiger partial charge in [-0.2, -0.15) is 12.7 Å². The van der Waals surface area contributed by atoms with Gasteiger partial charge in [0, 0.05) is 18.3 Å². The summed E-state index contributed by atoms with van der Waals surface area (Å²) in [6, 6.07) is 6.94. The van der Waals surface area contributed by atoms with Crippen LogP contribution in [0.4, 0.5) is 10.5 Å². The lowest BCUT2D eigenvalue weighted by molar-refractivity contribution is 0.176. The maximum Gasteiger partial charge on any atom is 0.421 e. The molecule has 1 fully saturated rings. The molecule has 1 saturated carbocycles. The summed E-state index contributed by atoms with van der Waals surface area (Å²) in [6.07, 6.45) is 0.542. The Labute approximate surface area is 117 Å². The van der Waals surface area contributed by atoms with Gasteiger partial charge in [-0.05, 0) is 24.5 Å². The minimum absolute atomic E-state index is 0.100. The molecule has 0 bridgehead atoms. The first kappa shape index (κ1) is 14.6. The van der Waals surface area contributed by atoms with Crippen molar-refractivity contribution >= 4 is 22.0 Å². The van der Waals surface area contributed by atoms with E-state index in [2.05, 4.69) is 4.74 Å². The Balaban J connectivity index is 2.20. The van der Waals surface area contributed by atoms with Crippen molar-refractivity contribution in [3.63, 3.8) is 0 Å². The fraction of sp³-hybridized carbons (Fsp3) is 0.417. The van der Waals surface area contributed by atoms with E-state index in [-0.39, 0.29) is 12.6 Å². The lowest BCUT2D eigenvalue weighted by Gasteiger charge is -2.22. The van der Waals surface area contributed by atoms with Gasteiger partial charge < -0.3 is 10.5 Å². The second-order valence-corrected chi connectivity index (χ2v) is 6.20. The van der Waals surface area contributed by atoms with Crippen molar-refractivity contribution in [2.45, 2.75) is 25.4 Å². The summed E-state index contributed by atoms with van der Waals surface area (Å²) >= 11 is 0. The average molecular weight is 299 g/mol. The number of ether oxygens (including phenoxy) is 1. The molecule has 0 heterocycles. The second-order valence-electron chi connectivity index (χ2n) is 4.57. The number of nitrogens with one attached hydrogen (secondary N) is 1. The number of carbonyl (C=O) groups excluding carboxylic acids is 1. The molecule has 2 rings (SSSR count). The van der Waals surface area contributed by atoms with E-state index < -0.39 is 16.3 Å². The van der Waals surface area contributed by atoms with Crippen LogP contribution in [0.15, 0.2) is 24.3 Å². The average Bonchev–Trinajstić information content (AvgIpc) is 3.21. The third kappa shape index (κ3) is 3.40. The smallest absolute Gasteiger partial charge is 0.421 e. The van der Waals surface area contributed by atoms with Crippen LogP contribution in [0.2, 0.25) is 0 Å². The van der Waals surface area contributed by atoms with E-state index in [9.17, 15) is 13.2 Å². The number of carbonyl (C=O) groups is 1. The van der Waals surface area contributed by atoms with Gasteiger partial charge in [-0.3, -0.25) is 0 Å². The Bertz CT molecular complexity index is 598. The Hall–Kier alpha value is -1.80. The third-order valence-corrected chi connectivity index (χ3v) is 4.51. The quantitative estimate of drug-likeness (QED) is 0.784. The fourth-order valence-corrected chi connectivity index (χ4v) is 3.15. The molecular formula is C12H17N3O4S. The van der Waals surface area contributed by atoms with Crippen molar-refractivity contribution in [2.75, 3.05) is 12.8 Å². The number of rotatable bonds is 5. The maximum absolute atomic E-state index is 12.2. The number of nitrogen functional groups attached to an aromatic ring is 1. The predicted molar refractivity (Wildman–Crippen MR) is 73.9 cm³/mol. The van der Waals surface area contributed by atoms with Crippen LogP contribution >= 0.6 is 0 Å². The van der Waals surface area contributed by atoms with Gasteiger partial charge in [-0.15, -0.1) is 0 Å². The second kappa shape index (κ2) is 5.68. The van der Waals surface area contributed by atoms with Crippen LogP contribution in [0, 0.1) is 0 Å². The highest BCUT2D eigenvalue weighted by Crippen LogP contribution is 2.31. The number of hydrogen-bond acceptors (Lipinski definition) is 5. The molecule has 0 aromatic heterocycles. The largest absolute Gasteiger partial charge is 0.452 e. The predicted octanol–water partition coefficient (Wildman–Crippen LogP) is 0.834. The number of para-hydroxylation sites is 1. The standard InChI is InChI=1S/C12H17N3O4S/c1-19-12(16)14-20(17,18)15(10-6-7-10)8-9-4-2-3-5-11(9)13/h2-5,10H,6-8,13H2,1H3,(H,14,16). The number of nitrogens with two attached hydrogens (primary N) is 1. The highest BCUT2D eigenvalue weighted by atomic mass is 32.2. The monoisotopic (exact) mass is 299 g/mol. The summed E-state index contributed by atoms with van der Waals surface area (Å²) in [5.41, 5.74) is 7.05. The minimum Gasteiger partial charge on any atom is -0.452 e. The molecular weight excluding hydrogens is 282 g/mol. The van der Waals surface area contributed by atoms with E-state index in [0.29, 0.717) is 11.3 Å². The van der Waals surface area contributed by atoms with Crippen LogP contribution in [0.3, 0.4) is 0 Å². The Morgan fingerprint density at radius 1 is 1.45 bits per heavy atom. The summed E-state index contributed by atoms with van der Waals surface area (Å²) in [5, 5.41) is 0. The molecule has 0 saturated heterocycles. The molecule has 0 radical (unpaired) electrons. The maximum atomic E-state index is 12.2. The van der Waals surface area contributed by atoms with E-state index in [4.69, 9.17) is 5.73 Å². The molecule has 1 aliphatic carbocycles. The first-order valence-electron chi connectivity index (χ1n) is 6.15. The van der Waals surface area contributed by atoms with Crippen LogP contribution in [-0.2, 0) is 21.5 Å². The van der Waals surface area contributed by atoms with Crippen molar-refractivity contribution in [2.24, 2.45) is 0 Å². The number of methoxy groups -OCH3 is 1. The summed E-state index contributed by atoms with van der Waals surface area (Å²) in [4.78, 5) is 11.1. The zero-order valence-corrected chi connectivity index (χ0v) is 11.9. The number of hydrogen-bond donors (Lipinski definition) is 2. The molecule has 8 heteroatoms. The molecule has 1 amide bonds. The van der Waals surface area contributed by atoms with Crippen molar-refractivity contribution in [1.29, 1.82) is 0 Å². The van der Waals surface area contributed by atoms with Crippen molar-refractivity contribution in [3.8, 4) is 0 Å². The highest BCUT2D eigenvalue weighted by Gasteiger charge is 2.38. The topological polar surface area (TPSA) is 102 Å². The first-order valence-corrected chi connectivity index (χ1v) is 7.59. The minimum atomic E-state index is -3.93. The van der Waals surface area contributed by atoms with Gasteiger partial charge in [-0.25, -0.2) is 9.52 Å². The Morgan fingerprint density at radius 3 is 2.65 bits per heavy atom. The number of nitrogens with zero attached hydrogens (tertiary/aromatic N) is 1. The van der Waals surface area contributed by atoms with E-state index >= 15 is 0 Å². The molecule has 0 aliphatic heterocycles. The molecule has 0 atom stereocenters. The summed E-state index contributed by atoms with van der Waals surface area (Å²) in [6.45, 7) is 0.129. The molecule has 1 aromatic rings. The number of amides is 1. The number of benzene rings is 1. The lowest BCUT2D eigenvalue weighted by atomic mass is 10.2. The van der Waals surface area contributed by atoms with Gasteiger partial charge in [0.25, 0.3) is 0 Å². The molecule has 20 heavy (non-hydrogen) atoms. The van der Waals surface area contributed by atoms with Crippen LogP contribution < -0.4 is 10.5 Å². The van der Waals surface area contributed by atoms with Crippen LogP contribution in [0.25, 0.3) is 0 Å².